The van der Waals surface area contributed by atoms with E-state index in [-0.39, 0.29) is 12.2 Å². The van der Waals surface area contributed by atoms with E-state index in [4.69, 9.17) is 9.47 Å². The molecule has 0 N–H and O–H groups in total. The summed E-state index contributed by atoms with van der Waals surface area (Å²) in [7, 11) is 0. The Balaban J connectivity index is 1.55. The molecule has 0 saturated carbocycles. The van der Waals surface area contributed by atoms with Crippen molar-refractivity contribution in [2.45, 2.75) is 46.3 Å². The van der Waals surface area contributed by atoms with E-state index in [9.17, 15) is 4.79 Å². The summed E-state index contributed by atoms with van der Waals surface area (Å²) in [5.41, 5.74) is -0.440. The van der Waals surface area contributed by atoms with Gasteiger partial charge in [-0.1, -0.05) is 0 Å². The van der Waals surface area contributed by atoms with Crippen LogP contribution in [0, 0.1) is 11.8 Å². The molecular formula is C19H29N3O3. The molecule has 0 aromatic carbocycles. The lowest BCUT2D eigenvalue weighted by molar-refractivity contribution is 0.0282. The van der Waals surface area contributed by atoms with Gasteiger partial charge in [-0.05, 0) is 46.8 Å². The maximum absolute atomic E-state index is 12.2. The zero-order chi connectivity index (χ0) is 18.2. The first-order chi connectivity index (χ1) is 11.7. The number of amides is 1. The molecule has 138 valence electrons. The molecule has 1 aromatic heterocycles. The Bertz CT molecular complexity index is 595. The lowest BCUT2D eigenvalue weighted by Crippen LogP contribution is -2.37. The lowest BCUT2D eigenvalue weighted by Gasteiger charge is -2.26. The van der Waals surface area contributed by atoms with Gasteiger partial charge in [0, 0.05) is 38.0 Å². The van der Waals surface area contributed by atoms with E-state index in [0.29, 0.717) is 11.8 Å². The molecular weight excluding hydrogens is 318 g/mol. The second-order valence-electron chi connectivity index (χ2n) is 8.33. The molecule has 0 spiro atoms. The predicted octanol–water partition coefficient (Wildman–Crippen LogP) is 3.17. The van der Waals surface area contributed by atoms with Gasteiger partial charge < -0.3 is 19.3 Å². The smallest absolute Gasteiger partial charge is 0.410 e. The lowest BCUT2D eigenvalue weighted by atomic mass is 10.0. The van der Waals surface area contributed by atoms with Crippen LogP contribution in [0.15, 0.2) is 18.3 Å². The second kappa shape index (κ2) is 6.73. The monoisotopic (exact) mass is 347 g/mol. The summed E-state index contributed by atoms with van der Waals surface area (Å²) >= 11 is 0. The van der Waals surface area contributed by atoms with Gasteiger partial charge in [-0.25, -0.2) is 9.78 Å². The fraction of sp³-hybridized carbons (Fsp3) is 0.684. The fourth-order valence-corrected chi connectivity index (χ4v) is 3.56. The van der Waals surface area contributed by atoms with Gasteiger partial charge in [0.1, 0.15) is 17.2 Å². The van der Waals surface area contributed by atoms with E-state index in [1.807, 2.05) is 51.7 Å². The number of hydrogen-bond donors (Lipinski definition) is 0. The van der Waals surface area contributed by atoms with Crippen LogP contribution in [0.2, 0.25) is 0 Å². The molecule has 0 aliphatic carbocycles. The SMILES string of the molecule is CC(C)Oc1ccc(N2C[C@@H]3CN(C(=O)OC(C)(C)C)C[C@H]3C2)nc1. The van der Waals surface area contributed by atoms with E-state index in [1.54, 1.807) is 6.20 Å². The second-order valence-corrected chi connectivity index (χ2v) is 8.33. The van der Waals surface area contributed by atoms with Gasteiger partial charge in [0.05, 0.1) is 12.3 Å². The first-order valence-electron chi connectivity index (χ1n) is 9.07. The summed E-state index contributed by atoms with van der Waals surface area (Å²) in [6.07, 6.45) is 1.75. The molecule has 2 saturated heterocycles. The molecule has 2 fully saturated rings. The average molecular weight is 347 g/mol. The Labute approximate surface area is 150 Å². The van der Waals surface area contributed by atoms with E-state index in [0.717, 1.165) is 37.7 Å². The van der Waals surface area contributed by atoms with E-state index < -0.39 is 5.60 Å². The summed E-state index contributed by atoms with van der Waals surface area (Å²) < 4.78 is 11.1. The first kappa shape index (κ1) is 17.8. The number of anilines is 1. The molecule has 2 aliphatic heterocycles. The molecule has 0 unspecified atom stereocenters. The minimum Gasteiger partial charge on any atom is -0.489 e. The van der Waals surface area contributed by atoms with Crippen molar-refractivity contribution in [1.29, 1.82) is 0 Å². The van der Waals surface area contributed by atoms with Crippen molar-refractivity contribution >= 4 is 11.9 Å². The van der Waals surface area contributed by atoms with Crippen LogP contribution in [-0.4, -0.2) is 53.9 Å². The molecule has 0 radical (unpaired) electrons. The zero-order valence-electron chi connectivity index (χ0n) is 15.9. The normalized spacial score (nSPS) is 23.1. The Morgan fingerprint density at radius 3 is 2.28 bits per heavy atom. The highest BCUT2D eigenvalue weighted by molar-refractivity contribution is 5.68. The highest BCUT2D eigenvalue weighted by Gasteiger charge is 2.43. The third-order valence-electron chi connectivity index (χ3n) is 4.55. The van der Waals surface area contributed by atoms with Crippen LogP contribution in [0.25, 0.3) is 0 Å². The summed E-state index contributed by atoms with van der Waals surface area (Å²) in [5.74, 6) is 2.75. The Kier molecular flexibility index (Phi) is 4.80. The van der Waals surface area contributed by atoms with Crippen molar-refractivity contribution in [3.63, 3.8) is 0 Å². The van der Waals surface area contributed by atoms with Crippen molar-refractivity contribution in [3.8, 4) is 5.75 Å². The number of rotatable bonds is 3. The largest absolute Gasteiger partial charge is 0.489 e. The number of likely N-dealkylation sites (tertiary alicyclic amines) is 1. The quantitative estimate of drug-likeness (QED) is 0.841. The minimum absolute atomic E-state index is 0.151. The molecule has 1 aromatic rings. The number of pyridine rings is 1. The van der Waals surface area contributed by atoms with Gasteiger partial charge >= 0.3 is 6.09 Å². The minimum atomic E-state index is -0.440. The van der Waals surface area contributed by atoms with E-state index in [1.165, 1.54) is 0 Å². The third-order valence-corrected chi connectivity index (χ3v) is 4.55. The maximum Gasteiger partial charge on any atom is 0.410 e. The first-order valence-corrected chi connectivity index (χ1v) is 9.07. The van der Waals surface area contributed by atoms with Crippen LogP contribution in [0.1, 0.15) is 34.6 Å². The number of fused-ring (bicyclic) bond motifs is 1. The summed E-state index contributed by atoms with van der Waals surface area (Å²) in [6, 6.07) is 3.99. The summed E-state index contributed by atoms with van der Waals surface area (Å²) in [5, 5.41) is 0. The number of aromatic nitrogens is 1. The molecule has 3 heterocycles. The fourth-order valence-electron chi connectivity index (χ4n) is 3.56. The van der Waals surface area contributed by atoms with Crippen LogP contribution in [0.5, 0.6) is 5.75 Å². The molecule has 25 heavy (non-hydrogen) atoms. The topological polar surface area (TPSA) is 54.9 Å². The average Bonchev–Trinajstić information content (AvgIpc) is 3.04. The van der Waals surface area contributed by atoms with Gasteiger partial charge in [-0.2, -0.15) is 0 Å². The molecule has 0 bridgehead atoms. The van der Waals surface area contributed by atoms with Crippen molar-refractivity contribution < 1.29 is 14.3 Å². The third kappa shape index (κ3) is 4.35. The number of carbonyl (C=O) groups excluding carboxylic acids is 1. The van der Waals surface area contributed by atoms with Crippen LogP contribution >= 0.6 is 0 Å². The maximum atomic E-state index is 12.2. The standard InChI is InChI=1S/C19H29N3O3/c1-13(2)24-16-6-7-17(20-8-16)21-9-14-11-22(12-15(14)10-21)18(23)25-19(3,4)5/h6-8,13-15H,9-12H2,1-5H3/t14-,15-/m1/s1. The van der Waals surface area contributed by atoms with Crippen molar-refractivity contribution in [2.75, 3.05) is 31.1 Å². The Morgan fingerprint density at radius 2 is 1.80 bits per heavy atom. The highest BCUT2D eigenvalue weighted by atomic mass is 16.6. The Morgan fingerprint density at radius 1 is 1.16 bits per heavy atom. The summed E-state index contributed by atoms with van der Waals surface area (Å²) in [6.45, 7) is 13.1. The molecule has 2 atom stereocenters. The van der Waals surface area contributed by atoms with Gasteiger partial charge in [-0.3, -0.25) is 0 Å². The number of ether oxygens (including phenoxy) is 2. The predicted molar refractivity (Wildman–Crippen MR) is 97.0 cm³/mol. The van der Waals surface area contributed by atoms with Gasteiger partial charge in [-0.15, -0.1) is 0 Å². The molecule has 6 nitrogen and oxygen atoms in total. The molecule has 3 rings (SSSR count). The van der Waals surface area contributed by atoms with Gasteiger partial charge in [0.2, 0.25) is 0 Å². The molecule has 6 heteroatoms. The van der Waals surface area contributed by atoms with E-state index >= 15 is 0 Å². The molecule has 2 aliphatic rings. The summed E-state index contributed by atoms with van der Waals surface area (Å²) in [4.78, 5) is 20.9. The van der Waals surface area contributed by atoms with E-state index in [2.05, 4.69) is 9.88 Å². The molecule has 1 amide bonds. The van der Waals surface area contributed by atoms with Crippen molar-refractivity contribution in [2.24, 2.45) is 11.8 Å². The van der Waals surface area contributed by atoms with Crippen LogP contribution in [0.4, 0.5) is 10.6 Å². The van der Waals surface area contributed by atoms with Crippen LogP contribution in [-0.2, 0) is 4.74 Å². The van der Waals surface area contributed by atoms with Gasteiger partial charge in [0.25, 0.3) is 0 Å². The van der Waals surface area contributed by atoms with Crippen molar-refractivity contribution in [3.05, 3.63) is 18.3 Å². The van der Waals surface area contributed by atoms with Crippen LogP contribution in [0.3, 0.4) is 0 Å². The number of hydrogen-bond acceptors (Lipinski definition) is 5. The Hall–Kier alpha value is -1.98. The number of nitrogens with zero attached hydrogens (tertiary/aromatic N) is 3. The van der Waals surface area contributed by atoms with Crippen LogP contribution < -0.4 is 9.64 Å². The highest BCUT2D eigenvalue weighted by Crippen LogP contribution is 2.34. The van der Waals surface area contributed by atoms with Gasteiger partial charge in [0.15, 0.2) is 0 Å². The number of carbonyl (C=O) groups is 1. The van der Waals surface area contributed by atoms with Crippen molar-refractivity contribution in [1.82, 2.24) is 9.88 Å². The zero-order valence-corrected chi connectivity index (χ0v) is 15.9.